The van der Waals surface area contributed by atoms with Crippen LogP contribution in [0.4, 0.5) is 4.79 Å². The smallest absolute Gasteiger partial charge is 0.410 e. The zero-order valence-electron chi connectivity index (χ0n) is 13.1. The lowest BCUT2D eigenvalue weighted by molar-refractivity contribution is -0.0134. The van der Waals surface area contributed by atoms with Gasteiger partial charge in [0.15, 0.2) is 0 Å². The number of hydrogen-bond donors (Lipinski definition) is 0. The van der Waals surface area contributed by atoms with Gasteiger partial charge in [-0.05, 0) is 32.8 Å². The Morgan fingerprint density at radius 3 is 2.62 bits per heavy atom. The van der Waals surface area contributed by atoms with Gasteiger partial charge in [0.05, 0.1) is 6.04 Å². The molecule has 0 N–H and O–H groups in total. The molecule has 4 nitrogen and oxygen atoms in total. The normalized spacial score (nSPS) is 25.4. The molecule has 3 rings (SSSR count). The second-order valence-electron chi connectivity index (χ2n) is 7.01. The minimum atomic E-state index is -0.414. The molecule has 1 aromatic rings. The van der Waals surface area contributed by atoms with Gasteiger partial charge in [0, 0.05) is 25.7 Å². The first-order chi connectivity index (χ1) is 9.94. The summed E-state index contributed by atoms with van der Waals surface area (Å²) in [6.45, 7) is 8.50. The fourth-order valence-electron chi connectivity index (χ4n) is 3.27. The van der Waals surface area contributed by atoms with E-state index in [2.05, 4.69) is 29.2 Å². The molecule has 0 saturated carbocycles. The predicted octanol–water partition coefficient (Wildman–Crippen LogP) is 2.88. The van der Waals surface area contributed by atoms with Gasteiger partial charge < -0.3 is 9.64 Å². The highest BCUT2D eigenvalue weighted by Crippen LogP contribution is 2.34. The quantitative estimate of drug-likeness (QED) is 0.839. The molecule has 1 aromatic carbocycles. The van der Waals surface area contributed by atoms with Crippen LogP contribution in [0.3, 0.4) is 0 Å². The molecule has 0 bridgehead atoms. The van der Waals surface area contributed by atoms with Gasteiger partial charge in [-0.25, -0.2) is 4.79 Å². The van der Waals surface area contributed by atoms with Gasteiger partial charge in [0.2, 0.25) is 0 Å². The number of carbonyl (C=O) groups is 1. The molecule has 2 saturated heterocycles. The minimum absolute atomic E-state index is 0.158. The molecule has 0 unspecified atom stereocenters. The monoisotopic (exact) mass is 288 g/mol. The van der Waals surface area contributed by atoms with Crippen molar-refractivity contribution in [3.63, 3.8) is 0 Å². The molecule has 1 amide bonds. The zero-order chi connectivity index (χ0) is 15.0. The highest BCUT2D eigenvalue weighted by molar-refractivity contribution is 5.69. The van der Waals surface area contributed by atoms with Crippen molar-refractivity contribution in [3.05, 3.63) is 35.9 Å². The van der Waals surface area contributed by atoms with Crippen molar-refractivity contribution in [2.45, 2.75) is 51.4 Å². The van der Waals surface area contributed by atoms with Gasteiger partial charge in [-0.15, -0.1) is 0 Å². The van der Waals surface area contributed by atoms with E-state index in [1.165, 1.54) is 5.56 Å². The van der Waals surface area contributed by atoms with E-state index >= 15 is 0 Å². The van der Waals surface area contributed by atoms with E-state index in [-0.39, 0.29) is 6.09 Å². The van der Waals surface area contributed by atoms with E-state index in [0.29, 0.717) is 12.1 Å². The third-order valence-electron chi connectivity index (χ3n) is 4.26. The largest absolute Gasteiger partial charge is 0.444 e. The summed E-state index contributed by atoms with van der Waals surface area (Å²) in [5, 5.41) is 0. The maximum atomic E-state index is 12.2. The van der Waals surface area contributed by atoms with Crippen LogP contribution in [0.5, 0.6) is 0 Å². The minimum Gasteiger partial charge on any atom is -0.444 e. The van der Waals surface area contributed by atoms with E-state index in [9.17, 15) is 4.79 Å². The lowest BCUT2D eigenvalue weighted by Crippen LogP contribution is -2.62. The number of rotatable bonds is 2. The van der Waals surface area contributed by atoms with Crippen LogP contribution in [0.25, 0.3) is 0 Å². The van der Waals surface area contributed by atoms with Crippen LogP contribution in [-0.2, 0) is 11.3 Å². The molecule has 2 fully saturated rings. The van der Waals surface area contributed by atoms with Crippen molar-refractivity contribution in [3.8, 4) is 0 Å². The molecule has 2 heterocycles. The molecule has 2 aliphatic heterocycles. The molecule has 0 spiro atoms. The van der Waals surface area contributed by atoms with Gasteiger partial charge in [-0.3, -0.25) is 4.90 Å². The summed E-state index contributed by atoms with van der Waals surface area (Å²) in [6, 6.07) is 11.4. The van der Waals surface area contributed by atoms with Crippen LogP contribution in [-0.4, -0.2) is 46.7 Å². The molecule has 0 radical (unpaired) electrons. The first kappa shape index (κ1) is 14.4. The number of ether oxygens (including phenoxy) is 1. The summed E-state index contributed by atoms with van der Waals surface area (Å²) in [5.41, 5.74) is 0.925. The molecule has 2 atom stereocenters. The van der Waals surface area contributed by atoms with Gasteiger partial charge in [-0.2, -0.15) is 0 Å². The Bertz CT molecular complexity index is 509. The number of fused-ring (bicyclic) bond motifs is 1. The Morgan fingerprint density at radius 1 is 1.24 bits per heavy atom. The summed E-state index contributed by atoms with van der Waals surface area (Å²) >= 11 is 0. The summed E-state index contributed by atoms with van der Waals surface area (Å²) < 4.78 is 5.50. The molecule has 21 heavy (non-hydrogen) atoms. The summed E-state index contributed by atoms with van der Waals surface area (Å²) in [6.07, 6.45) is 0.894. The molecule has 0 aromatic heterocycles. The van der Waals surface area contributed by atoms with E-state index in [1.807, 2.05) is 31.7 Å². The molecular formula is C17H24N2O2. The molecular weight excluding hydrogens is 264 g/mol. The Morgan fingerprint density at radius 2 is 1.95 bits per heavy atom. The zero-order valence-corrected chi connectivity index (χ0v) is 13.1. The third kappa shape index (κ3) is 3.05. The van der Waals surface area contributed by atoms with Gasteiger partial charge >= 0.3 is 6.09 Å². The Hall–Kier alpha value is -1.55. The predicted molar refractivity (Wildman–Crippen MR) is 82.0 cm³/mol. The van der Waals surface area contributed by atoms with Crippen LogP contribution in [0.1, 0.15) is 32.8 Å². The standard InChI is InChI=1S/C17H24N2O2/c1-17(2,3)21-16(20)19-10-9-14-15(19)12-18(14)11-13-7-5-4-6-8-13/h4-8,14-15H,9-12H2,1-3H3/t14-,15+/m1/s1. The summed E-state index contributed by atoms with van der Waals surface area (Å²) in [4.78, 5) is 16.6. The first-order valence-electron chi connectivity index (χ1n) is 7.72. The van der Waals surface area contributed by atoms with Gasteiger partial charge in [-0.1, -0.05) is 30.3 Å². The van der Waals surface area contributed by atoms with Crippen molar-refractivity contribution in [2.24, 2.45) is 0 Å². The lowest BCUT2D eigenvalue weighted by Gasteiger charge is -2.46. The number of carbonyl (C=O) groups excluding carboxylic acids is 1. The number of likely N-dealkylation sites (tertiary alicyclic amines) is 2. The van der Waals surface area contributed by atoms with Crippen molar-refractivity contribution in [1.82, 2.24) is 9.80 Å². The molecule has 2 aliphatic rings. The lowest BCUT2D eigenvalue weighted by atomic mass is 9.96. The maximum absolute atomic E-state index is 12.2. The summed E-state index contributed by atoms with van der Waals surface area (Å²) in [5.74, 6) is 0. The van der Waals surface area contributed by atoms with Crippen molar-refractivity contribution in [2.75, 3.05) is 13.1 Å². The van der Waals surface area contributed by atoms with Crippen molar-refractivity contribution >= 4 is 6.09 Å². The second kappa shape index (κ2) is 5.34. The number of amides is 1. The van der Waals surface area contributed by atoms with Crippen LogP contribution < -0.4 is 0 Å². The third-order valence-corrected chi connectivity index (χ3v) is 4.26. The van der Waals surface area contributed by atoms with Crippen LogP contribution in [0.15, 0.2) is 30.3 Å². The first-order valence-corrected chi connectivity index (χ1v) is 7.72. The second-order valence-corrected chi connectivity index (χ2v) is 7.01. The Labute approximate surface area is 126 Å². The highest BCUT2D eigenvalue weighted by Gasteiger charge is 2.49. The number of hydrogen-bond acceptors (Lipinski definition) is 3. The van der Waals surface area contributed by atoms with Crippen molar-refractivity contribution < 1.29 is 9.53 Å². The van der Waals surface area contributed by atoms with Crippen LogP contribution >= 0.6 is 0 Å². The average Bonchev–Trinajstić information content (AvgIpc) is 2.73. The van der Waals surface area contributed by atoms with Gasteiger partial charge in [0.25, 0.3) is 0 Å². The number of nitrogens with zero attached hydrogens (tertiary/aromatic N) is 2. The Balaban J connectivity index is 1.56. The van der Waals surface area contributed by atoms with Crippen LogP contribution in [0, 0.1) is 0 Å². The molecule has 114 valence electrons. The van der Waals surface area contributed by atoms with Gasteiger partial charge in [0.1, 0.15) is 5.60 Å². The van der Waals surface area contributed by atoms with Crippen molar-refractivity contribution in [1.29, 1.82) is 0 Å². The Kier molecular flexibility index (Phi) is 3.66. The fourth-order valence-corrected chi connectivity index (χ4v) is 3.27. The maximum Gasteiger partial charge on any atom is 0.410 e. The SMILES string of the molecule is CC(C)(C)OC(=O)N1CC[C@@H]2[C@@H]1CN2Cc1ccccc1. The van der Waals surface area contributed by atoms with E-state index < -0.39 is 5.60 Å². The summed E-state index contributed by atoms with van der Waals surface area (Å²) in [7, 11) is 0. The number of benzene rings is 1. The van der Waals surface area contributed by atoms with E-state index in [1.54, 1.807) is 0 Å². The molecule has 4 heteroatoms. The van der Waals surface area contributed by atoms with Crippen LogP contribution in [0.2, 0.25) is 0 Å². The topological polar surface area (TPSA) is 32.8 Å². The highest BCUT2D eigenvalue weighted by atomic mass is 16.6. The fraction of sp³-hybridized carbons (Fsp3) is 0.588. The van der Waals surface area contributed by atoms with E-state index in [0.717, 1.165) is 26.1 Å². The molecule has 0 aliphatic carbocycles. The average molecular weight is 288 g/mol. The van der Waals surface area contributed by atoms with E-state index in [4.69, 9.17) is 4.74 Å².